The summed E-state index contributed by atoms with van der Waals surface area (Å²) in [6.07, 6.45) is -5.71. The van der Waals surface area contributed by atoms with E-state index in [1.165, 1.54) is 0 Å². The van der Waals surface area contributed by atoms with Crippen molar-refractivity contribution in [3.63, 3.8) is 0 Å². The third-order valence-electron chi connectivity index (χ3n) is 0.944. The highest BCUT2D eigenvalue weighted by Gasteiger charge is 2.34. The molecule has 0 amide bonds. The zero-order chi connectivity index (χ0) is 11.1. The number of halogens is 3. The number of nitrogens with two attached hydrogens (primary N) is 1. The number of rotatable bonds is 0. The molecule has 1 heterocycles. The van der Waals surface area contributed by atoms with Crippen LogP contribution in [0.4, 0.5) is 18.9 Å². The Morgan fingerprint density at radius 2 is 2.18 bits per heavy atom. The molecule has 0 saturated heterocycles. The van der Waals surface area contributed by atoms with Crippen molar-refractivity contribution in [1.82, 2.24) is 4.98 Å². The number of nitrogens with zero attached hydrogens (tertiary/aromatic N) is 1. The lowest BCUT2D eigenvalue weighted by Crippen LogP contribution is -2.10. The summed E-state index contributed by atoms with van der Waals surface area (Å²) in [6.45, 7) is 0. The predicted octanol–water partition coefficient (Wildman–Crippen LogP) is 1.68. The Balaban J connectivity index is 3.49. The molecule has 11 heavy (non-hydrogen) atoms. The first-order chi connectivity index (χ1) is 6.25. The summed E-state index contributed by atoms with van der Waals surface area (Å²) in [6, 6.07) is -1.53. The summed E-state index contributed by atoms with van der Waals surface area (Å²) in [5.41, 5.74) is 2.56. The fourth-order valence-corrected chi connectivity index (χ4v) is 0.515. The second kappa shape index (κ2) is 2.41. The lowest BCUT2D eigenvalue weighted by molar-refractivity contribution is -0.140. The second-order valence-corrected chi connectivity index (χ2v) is 1.73. The molecule has 1 aromatic rings. The smallest absolute Gasteiger partial charge is 0.397 e. The van der Waals surface area contributed by atoms with E-state index in [0.29, 0.717) is 0 Å². The van der Waals surface area contributed by atoms with Crippen LogP contribution in [0, 0.1) is 0 Å². The van der Waals surface area contributed by atoms with Crippen molar-refractivity contribution < 1.29 is 17.3 Å². The highest BCUT2D eigenvalue weighted by molar-refractivity contribution is 5.43. The van der Waals surface area contributed by atoms with Crippen LogP contribution < -0.4 is 5.73 Å². The van der Waals surface area contributed by atoms with Gasteiger partial charge in [-0.1, -0.05) is 0 Å². The van der Waals surface area contributed by atoms with Crippen LogP contribution in [0.3, 0.4) is 0 Å². The van der Waals surface area contributed by atoms with Gasteiger partial charge in [0.25, 0.3) is 0 Å². The summed E-state index contributed by atoms with van der Waals surface area (Å²) in [4.78, 5) is 2.81. The molecule has 1 aromatic heterocycles. The summed E-state index contributed by atoms with van der Waals surface area (Å²) < 4.78 is 57.4. The van der Waals surface area contributed by atoms with Gasteiger partial charge in [-0.15, -0.1) is 0 Å². The van der Waals surface area contributed by atoms with Crippen molar-refractivity contribution in [2.24, 2.45) is 0 Å². The molecule has 0 atom stereocenters. The van der Waals surface area contributed by atoms with Crippen LogP contribution in [-0.2, 0) is 6.18 Å². The van der Waals surface area contributed by atoms with Crippen molar-refractivity contribution in [2.45, 2.75) is 6.18 Å². The molecule has 0 bridgehead atoms. The monoisotopic (exact) mass is 165 g/mol. The molecule has 2 N–H and O–H groups in total. The Morgan fingerprint density at radius 3 is 2.73 bits per heavy atom. The molecule has 0 aliphatic rings. The number of hydrogen-bond acceptors (Lipinski definition) is 2. The molecule has 0 aliphatic carbocycles. The molecular formula is C6H5F3N2. The summed E-state index contributed by atoms with van der Waals surface area (Å²) in [5.74, 6) is 0. The summed E-state index contributed by atoms with van der Waals surface area (Å²) in [5, 5.41) is 0. The molecule has 5 heteroatoms. The van der Waals surface area contributed by atoms with Gasteiger partial charge >= 0.3 is 6.18 Å². The molecule has 0 aromatic carbocycles. The molecule has 0 aliphatic heterocycles. The fraction of sp³-hybridized carbons (Fsp3) is 0.167. The SMILES string of the molecule is [2H]c1nc(C(F)(F)F)c(N)c([2H])c1[2H]. The molecule has 2 nitrogen and oxygen atoms in total. The van der Waals surface area contributed by atoms with Crippen molar-refractivity contribution in [3.8, 4) is 0 Å². The average molecular weight is 165 g/mol. The van der Waals surface area contributed by atoms with E-state index in [0.717, 1.165) is 0 Å². The maximum atomic E-state index is 12.2. The number of alkyl halides is 3. The molecular weight excluding hydrogens is 157 g/mol. The zero-order valence-corrected chi connectivity index (χ0v) is 5.16. The Morgan fingerprint density at radius 1 is 1.55 bits per heavy atom. The minimum atomic E-state index is -4.80. The minimum absolute atomic E-state index is 0.712. The first-order valence-electron chi connectivity index (χ1n) is 4.05. The van der Waals surface area contributed by atoms with Crippen molar-refractivity contribution in [2.75, 3.05) is 5.73 Å². The third-order valence-corrected chi connectivity index (χ3v) is 0.944. The molecule has 0 radical (unpaired) electrons. The van der Waals surface area contributed by atoms with Gasteiger partial charge in [0, 0.05) is 6.17 Å². The summed E-state index contributed by atoms with van der Waals surface area (Å²) >= 11 is 0. The van der Waals surface area contributed by atoms with Gasteiger partial charge in [-0.25, -0.2) is 4.98 Å². The standard InChI is InChI=1S/C6H5F3N2/c7-6(8,9)5-4(10)2-1-3-11-5/h1-3H,10H2/i1D,2D,3D. The topological polar surface area (TPSA) is 38.9 Å². The van der Waals surface area contributed by atoms with E-state index < -0.39 is 35.8 Å². The van der Waals surface area contributed by atoms with E-state index in [-0.39, 0.29) is 0 Å². The van der Waals surface area contributed by atoms with Crippen LogP contribution in [0.5, 0.6) is 0 Å². The van der Waals surface area contributed by atoms with Gasteiger partial charge in [0.2, 0.25) is 0 Å². The number of pyridine rings is 1. The van der Waals surface area contributed by atoms with E-state index in [4.69, 9.17) is 9.85 Å². The fourth-order valence-electron chi connectivity index (χ4n) is 0.515. The lowest BCUT2D eigenvalue weighted by atomic mass is 10.3. The second-order valence-electron chi connectivity index (χ2n) is 1.73. The van der Waals surface area contributed by atoms with Gasteiger partial charge in [0.1, 0.15) is 0 Å². The van der Waals surface area contributed by atoms with E-state index >= 15 is 0 Å². The van der Waals surface area contributed by atoms with Crippen LogP contribution in [-0.4, -0.2) is 4.98 Å². The highest BCUT2D eigenvalue weighted by Crippen LogP contribution is 2.30. The van der Waals surface area contributed by atoms with E-state index in [2.05, 4.69) is 4.98 Å². The Bertz CT molecular complexity index is 378. The lowest BCUT2D eigenvalue weighted by Gasteiger charge is -2.06. The maximum absolute atomic E-state index is 12.2. The Hall–Kier alpha value is -1.26. The highest BCUT2D eigenvalue weighted by atomic mass is 19.4. The van der Waals surface area contributed by atoms with E-state index in [1.54, 1.807) is 0 Å². The van der Waals surface area contributed by atoms with Crippen LogP contribution in [0.1, 0.15) is 9.81 Å². The average Bonchev–Trinajstić information content (AvgIpc) is 2.06. The largest absolute Gasteiger partial charge is 0.435 e. The van der Waals surface area contributed by atoms with Crippen LogP contribution in [0.15, 0.2) is 18.3 Å². The first-order valence-corrected chi connectivity index (χ1v) is 2.55. The molecule has 0 fully saturated rings. The minimum Gasteiger partial charge on any atom is -0.397 e. The quantitative estimate of drug-likeness (QED) is 0.635. The Kier molecular flexibility index (Phi) is 1.00. The van der Waals surface area contributed by atoms with Gasteiger partial charge in [0.15, 0.2) is 5.69 Å². The number of nitrogen functional groups attached to an aromatic ring is 1. The van der Waals surface area contributed by atoms with Gasteiger partial charge < -0.3 is 5.73 Å². The predicted molar refractivity (Wildman–Crippen MR) is 33.7 cm³/mol. The Labute approximate surface area is 65.1 Å². The number of aromatic nitrogens is 1. The van der Waals surface area contributed by atoms with Crippen LogP contribution >= 0.6 is 0 Å². The zero-order valence-electron chi connectivity index (χ0n) is 8.16. The molecule has 0 saturated carbocycles. The van der Waals surface area contributed by atoms with Crippen molar-refractivity contribution >= 4 is 5.69 Å². The van der Waals surface area contributed by atoms with Crippen LogP contribution in [0.25, 0.3) is 0 Å². The summed E-state index contributed by atoms with van der Waals surface area (Å²) in [7, 11) is 0. The number of hydrogen-bond donors (Lipinski definition) is 1. The van der Waals surface area contributed by atoms with Gasteiger partial charge in [-0.05, 0) is 12.1 Å². The van der Waals surface area contributed by atoms with Crippen molar-refractivity contribution in [1.29, 1.82) is 0 Å². The van der Waals surface area contributed by atoms with Crippen molar-refractivity contribution in [3.05, 3.63) is 24.0 Å². The van der Waals surface area contributed by atoms with E-state index in [1.807, 2.05) is 0 Å². The van der Waals surface area contributed by atoms with Crippen LogP contribution in [0.2, 0.25) is 0 Å². The van der Waals surface area contributed by atoms with Gasteiger partial charge in [-0.2, -0.15) is 13.2 Å². The third kappa shape index (κ3) is 1.60. The molecule has 0 spiro atoms. The molecule has 1 rings (SSSR count). The molecule has 0 unspecified atom stereocenters. The first kappa shape index (κ1) is 4.58. The van der Waals surface area contributed by atoms with Gasteiger partial charge in [-0.3, -0.25) is 0 Å². The maximum Gasteiger partial charge on any atom is 0.435 e. The molecule has 60 valence electrons. The normalized spacial score (nSPS) is 15.4. The van der Waals surface area contributed by atoms with E-state index in [9.17, 15) is 13.2 Å². The number of anilines is 1. The van der Waals surface area contributed by atoms with Gasteiger partial charge in [0.05, 0.1) is 9.80 Å².